The number of alkyl halides is 3. The van der Waals surface area contributed by atoms with E-state index in [1.54, 1.807) is 6.92 Å². The van der Waals surface area contributed by atoms with Crippen LogP contribution in [-0.2, 0) is 24.3 Å². The number of carbonyl (C=O) groups excluding carboxylic acids is 1. The number of carbonyl (C=O) groups is 1. The maximum atomic E-state index is 12.5. The minimum absolute atomic E-state index is 0.00432. The lowest BCUT2D eigenvalue weighted by Crippen LogP contribution is -2.43. The predicted molar refractivity (Wildman–Crippen MR) is 87.4 cm³/mol. The molecule has 0 unspecified atom stereocenters. The Bertz CT molecular complexity index is 730. The van der Waals surface area contributed by atoms with E-state index in [1.165, 1.54) is 0 Å². The normalized spacial score (nSPS) is 18.9. The van der Waals surface area contributed by atoms with Crippen molar-refractivity contribution in [3.8, 4) is 5.75 Å². The highest BCUT2D eigenvalue weighted by atomic mass is 32.2. The molecule has 1 aromatic rings. The molecule has 0 aromatic heterocycles. The van der Waals surface area contributed by atoms with Crippen LogP contribution in [0.25, 0.3) is 0 Å². The van der Waals surface area contributed by atoms with Crippen LogP contribution in [0.15, 0.2) is 29.2 Å². The lowest BCUT2D eigenvalue weighted by molar-refractivity contribution is -0.274. The molecule has 27 heavy (non-hydrogen) atoms. The number of ether oxygens (including phenoxy) is 3. The van der Waals surface area contributed by atoms with E-state index in [1.807, 2.05) is 0 Å². The van der Waals surface area contributed by atoms with Crippen LogP contribution in [0, 0.1) is 5.92 Å². The summed E-state index contributed by atoms with van der Waals surface area (Å²) in [5.74, 6) is -1.26. The third kappa shape index (κ3) is 6.67. The first-order chi connectivity index (χ1) is 12.6. The van der Waals surface area contributed by atoms with E-state index in [9.17, 15) is 26.4 Å². The van der Waals surface area contributed by atoms with Gasteiger partial charge in [0.15, 0.2) is 0 Å². The van der Waals surface area contributed by atoms with Crippen molar-refractivity contribution >= 4 is 16.0 Å². The highest BCUT2D eigenvalue weighted by molar-refractivity contribution is 7.89. The number of sulfonamides is 1. The van der Waals surface area contributed by atoms with Crippen molar-refractivity contribution in [3.63, 3.8) is 0 Å². The van der Waals surface area contributed by atoms with Gasteiger partial charge in [0.1, 0.15) is 11.8 Å². The zero-order chi connectivity index (χ0) is 20.1. The smallest absolute Gasteiger partial charge is 0.465 e. The average molecular weight is 411 g/mol. The molecule has 0 aliphatic carbocycles. The fraction of sp³-hybridized carbons (Fsp3) is 0.562. The minimum atomic E-state index is -4.88. The zero-order valence-corrected chi connectivity index (χ0v) is 15.3. The third-order valence-electron chi connectivity index (χ3n) is 3.83. The first-order valence-corrected chi connectivity index (χ1v) is 9.71. The number of benzene rings is 1. The van der Waals surface area contributed by atoms with E-state index >= 15 is 0 Å². The molecule has 0 spiro atoms. The number of hydrogen-bond acceptors (Lipinski definition) is 6. The molecule has 1 aliphatic rings. The maximum Gasteiger partial charge on any atom is 0.573 e. The van der Waals surface area contributed by atoms with Crippen LogP contribution in [0.1, 0.15) is 19.8 Å². The van der Waals surface area contributed by atoms with E-state index in [0.29, 0.717) is 19.6 Å². The quantitative estimate of drug-likeness (QED) is 0.660. The standard InChI is InChI=1S/C16H20F3NO6S/c1-2-25-15(21)14(9-11-7-8-24-10-11)20-27(22,23)13-5-3-12(4-6-13)26-16(17,18)19/h3-6,11,14,20H,2,7-10H2,1H3/t11-,14-/m0/s1. The summed E-state index contributed by atoms with van der Waals surface area (Å²) in [6, 6.07) is 2.57. The summed E-state index contributed by atoms with van der Waals surface area (Å²) in [6.07, 6.45) is -3.98. The van der Waals surface area contributed by atoms with E-state index in [0.717, 1.165) is 24.3 Å². The molecular formula is C16H20F3NO6S. The van der Waals surface area contributed by atoms with Gasteiger partial charge in [-0.1, -0.05) is 0 Å². The fourth-order valence-electron chi connectivity index (χ4n) is 2.61. The molecule has 1 heterocycles. The molecular weight excluding hydrogens is 391 g/mol. The van der Waals surface area contributed by atoms with Gasteiger partial charge in [0.2, 0.25) is 10.0 Å². The fourth-order valence-corrected chi connectivity index (χ4v) is 3.81. The Labute approximate surface area is 154 Å². The van der Waals surface area contributed by atoms with Crippen molar-refractivity contribution in [2.24, 2.45) is 5.92 Å². The molecule has 1 saturated heterocycles. The summed E-state index contributed by atoms with van der Waals surface area (Å²) >= 11 is 0. The Morgan fingerprint density at radius 2 is 2.00 bits per heavy atom. The molecule has 0 amide bonds. The van der Waals surface area contributed by atoms with E-state index < -0.39 is 34.1 Å². The number of hydrogen-bond donors (Lipinski definition) is 1. The first kappa shape index (κ1) is 21.5. The molecule has 2 rings (SSSR count). The molecule has 0 bridgehead atoms. The number of nitrogens with one attached hydrogen (secondary N) is 1. The van der Waals surface area contributed by atoms with Crippen LogP contribution in [0.2, 0.25) is 0 Å². The molecule has 7 nitrogen and oxygen atoms in total. The SMILES string of the molecule is CCOC(=O)[C@H](C[C@@H]1CCOC1)NS(=O)(=O)c1ccc(OC(F)(F)F)cc1. The number of rotatable bonds is 8. The van der Waals surface area contributed by atoms with Gasteiger partial charge < -0.3 is 14.2 Å². The lowest BCUT2D eigenvalue weighted by atomic mass is 10.00. The van der Waals surface area contributed by atoms with Gasteiger partial charge in [-0.2, -0.15) is 4.72 Å². The molecule has 11 heteroatoms. The second kappa shape index (κ2) is 8.89. The van der Waals surface area contributed by atoms with E-state index in [4.69, 9.17) is 9.47 Å². The van der Waals surface area contributed by atoms with Gasteiger partial charge in [-0.05, 0) is 49.9 Å². The van der Waals surface area contributed by atoms with Crippen molar-refractivity contribution in [1.29, 1.82) is 0 Å². The number of esters is 1. The summed E-state index contributed by atoms with van der Waals surface area (Å²) in [4.78, 5) is 11.8. The molecule has 2 atom stereocenters. The number of halogens is 3. The molecule has 1 aromatic carbocycles. The summed E-state index contributed by atoms with van der Waals surface area (Å²) in [6.45, 7) is 2.64. The summed E-state index contributed by atoms with van der Waals surface area (Å²) < 4.78 is 77.7. The van der Waals surface area contributed by atoms with Crippen molar-refractivity contribution in [2.75, 3.05) is 19.8 Å². The van der Waals surface area contributed by atoms with Crippen molar-refractivity contribution in [1.82, 2.24) is 4.72 Å². The minimum Gasteiger partial charge on any atom is -0.465 e. The summed E-state index contributed by atoms with van der Waals surface area (Å²) in [5.41, 5.74) is 0. The second-order valence-electron chi connectivity index (χ2n) is 5.91. The molecule has 1 fully saturated rings. The maximum absolute atomic E-state index is 12.5. The monoisotopic (exact) mass is 411 g/mol. The molecule has 1 aliphatic heterocycles. The van der Waals surface area contributed by atoms with Crippen molar-refractivity contribution in [3.05, 3.63) is 24.3 Å². The van der Waals surface area contributed by atoms with Crippen LogP contribution in [0.4, 0.5) is 13.2 Å². The van der Waals surface area contributed by atoms with Gasteiger partial charge in [0.05, 0.1) is 11.5 Å². The topological polar surface area (TPSA) is 90.9 Å². The van der Waals surface area contributed by atoms with Gasteiger partial charge in [-0.25, -0.2) is 8.42 Å². The van der Waals surface area contributed by atoms with Gasteiger partial charge in [0.25, 0.3) is 0 Å². The Hall–Kier alpha value is -1.85. The highest BCUT2D eigenvalue weighted by Gasteiger charge is 2.32. The summed E-state index contributed by atoms with van der Waals surface area (Å²) in [7, 11) is -4.15. The Morgan fingerprint density at radius 3 is 2.52 bits per heavy atom. The van der Waals surface area contributed by atoms with Crippen LogP contribution in [0.5, 0.6) is 5.75 Å². The Kier molecular flexibility index (Phi) is 7.06. The Balaban J connectivity index is 2.12. The molecule has 1 N–H and O–H groups in total. The summed E-state index contributed by atoms with van der Waals surface area (Å²) in [5, 5.41) is 0. The van der Waals surface area contributed by atoms with E-state index in [2.05, 4.69) is 9.46 Å². The van der Waals surface area contributed by atoms with Gasteiger partial charge in [-0.15, -0.1) is 13.2 Å². The molecule has 0 radical (unpaired) electrons. The van der Waals surface area contributed by atoms with Crippen LogP contribution in [-0.4, -0.2) is 46.6 Å². The van der Waals surface area contributed by atoms with Gasteiger partial charge in [-0.3, -0.25) is 4.79 Å². The predicted octanol–water partition coefficient (Wildman–Crippen LogP) is 2.22. The van der Waals surface area contributed by atoms with E-state index in [-0.39, 0.29) is 23.8 Å². The first-order valence-electron chi connectivity index (χ1n) is 8.23. The zero-order valence-electron chi connectivity index (χ0n) is 14.5. The average Bonchev–Trinajstić information content (AvgIpc) is 3.06. The third-order valence-corrected chi connectivity index (χ3v) is 5.32. The van der Waals surface area contributed by atoms with Crippen molar-refractivity contribution in [2.45, 2.75) is 37.1 Å². The van der Waals surface area contributed by atoms with Crippen LogP contribution < -0.4 is 9.46 Å². The largest absolute Gasteiger partial charge is 0.573 e. The van der Waals surface area contributed by atoms with Gasteiger partial charge in [0, 0.05) is 13.2 Å². The van der Waals surface area contributed by atoms with Crippen LogP contribution >= 0.6 is 0 Å². The lowest BCUT2D eigenvalue weighted by Gasteiger charge is -2.20. The van der Waals surface area contributed by atoms with Gasteiger partial charge >= 0.3 is 12.3 Å². The second-order valence-corrected chi connectivity index (χ2v) is 7.62. The van der Waals surface area contributed by atoms with Crippen molar-refractivity contribution < 1.29 is 40.6 Å². The molecule has 0 saturated carbocycles. The Morgan fingerprint density at radius 1 is 1.33 bits per heavy atom. The highest BCUT2D eigenvalue weighted by Crippen LogP contribution is 2.25. The van der Waals surface area contributed by atoms with Crippen LogP contribution in [0.3, 0.4) is 0 Å². The molecule has 152 valence electrons.